The zero-order valence-corrected chi connectivity index (χ0v) is 12.6. The summed E-state index contributed by atoms with van der Waals surface area (Å²) in [5.41, 5.74) is 7.36. The maximum Gasteiger partial charge on any atom is 0.419 e. The summed E-state index contributed by atoms with van der Waals surface area (Å²) in [5.74, 6) is 0. The van der Waals surface area contributed by atoms with Crippen molar-refractivity contribution in [2.24, 2.45) is 5.73 Å². The predicted molar refractivity (Wildman–Crippen MR) is 78.8 cm³/mol. The molecule has 1 atom stereocenters. The molecule has 2 heterocycles. The van der Waals surface area contributed by atoms with E-state index in [4.69, 9.17) is 10.5 Å². The Morgan fingerprint density at radius 3 is 2.79 bits per heavy atom. The lowest BCUT2D eigenvalue weighted by Crippen LogP contribution is -2.26. The quantitative estimate of drug-likeness (QED) is 0.917. The fraction of sp³-hybridized carbons (Fsp3) is 0.500. The first-order chi connectivity index (χ1) is 8.78. The molecule has 0 aromatic carbocycles. The van der Waals surface area contributed by atoms with E-state index in [-0.39, 0.29) is 12.1 Å². The molecule has 5 heteroatoms. The van der Waals surface area contributed by atoms with Gasteiger partial charge in [0, 0.05) is 12.2 Å². The van der Waals surface area contributed by atoms with Crippen LogP contribution in [0.2, 0.25) is 0 Å². The predicted octanol–water partition coefficient (Wildman–Crippen LogP) is 3.38. The van der Waals surface area contributed by atoms with Gasteiger partial charge in [-0.25, -0.2) is 4.79 Å². The number of nitrogens with two attached hydrogens (primary N) is 1. The summed E-state index contributed by atoms with van der Waals surface area (Å²) in [6.07, 6.45) is 2.26. The highest BCUT2D eigenvalue weighted by molar-refractivity contribution is 7.17. The highest BCUT2D eigenvalue weighted by Crippen LogP contribution is 2.28. The second kappa shape index (κ2) is 4.98. The summed E-state index contributed by atoms with van der Waals surface area (Å²) in [6.45, 7) is 7.55. The van der Waals surface area contributed by atoms with Gasteiger partial charge in [0.2, 0.25) is 0 Å². The number of hydrogen-bond acceptors (Lipinski definition) is 4. The Labute approximate surface area is 117 Å². The lowest BCUT2D eigenvalue weighted by Gasteiger charge is -2.19. The molecule has 0 amide bonds. The summed E-state index contributed by atoms with van der Waals surface area (Å²) in [5, 5.41) is 1.98. The van der Waals surface area contributed by atoms with Crippen molar-refractivity contribution in [2.45, 2.75) is 45.8 Å². The van der Waals surface area contributed by atoms with Gasteiger partial charge in [0.1, 0.15) is 5.60 Å². The van der Waals surface area contributed by atoms with Crippen molar-refractivity contribution in [3.8, 4) is 0 Å². The van der Waals surface area contributed by atoms with E-state index in [0.717, 1.165) is 22.2 Å². The Kier molecular flexibility index (Phi) is 3.69. The fourth-order valence-corrected chi connectivity index (χ4v) is 2.88. The third-order valence-electron chi connectivity index (χ3n) is 2.61. The van der Waals surface area contributed by atoms with E-state index in [1.165, 1.54) is 0 Å². The lowest BCUT2D eigenvalue weighted by molar-refractivity contribution is 0.0544. The van der Waals surface area contributed by atoms with Crippen LogP contribution in [0.5, 0.6) is 0 Å². The molecule has 0 aliphatic rings. The van der Waals surface area contributed by atoms with Gasteiger partial charge in [-0.1, -0.05) is 0 Å². The van der Waals surface area contributed by atoms with E-state index in [1.54, 1.807) is 15.9 Å². The van der Waals surface area contributed by atoms with Crippen molar-refractivity contribution in [2.75, 3.05) is 0 Å². The Hall–Kier alpha value is -1.33. The molecule has 0 bridgehead atoms. The van der Waals surface area contributed by atoms with Crippen LogP contribution < -0.4 is 5.73 Å². The largest absolute Gasteiger partial charge is 0.443 e. The molecule has 4 nitrogen and oxygen atoms in total. The monoisotopic (exact) mass is 280 g/mol. The molecule has 0 saturated heterocycles. The first-order valence-corrected chi connectivity index (χ1v) is 7.22. The molecule has 2 aromatic rings. The van der Waals surface area contributed by atoms with Crippen LogP contribution in [-0.2, 0) is 11.2 Å². The smallest absolute Gasteiger partial charge is 0.419 e. The van der Waals surface area contributed by atoms with Crippen LogP contribution in [0.3, 0.4) is 0 Å². The summed E-state index contributed by atoms with van der Waals surface area (Å²) in [6, 6.07) is 2.01. The van der Waals surface area contributed by atoms with Crippen molar-refractivity contribution in [1.29, 1.82) is 0 Å². The van der Waals surface area contributed by atoms with Gasteiger partial charge < -0.3 is 10.5 Å². The zero-order valence-electron chi connectivity index (χ0n) is 11.8. The molecular formula is C14H20N2O2S. The number of ether oxygens (including phenoxy) is 1. The molecule has 0 fully saturated rings. The van der Waals surface area contributed by atoms with Crippen LogP contribution in [0.1, 0.15) is 33.3 Å². The molecule has 19 heavy (non-hydrogen) atoms. The topological polar surface area (TPSA) is 57.2 Å². The number of fused-ring (bicyclic) bond motifs is 1. The number of carbonyl (C=O) groups excluding carboxylic acids is 1. The first kappa shape index (κ1) is 14.1. The van der Waals surface area contributed by atoms with Crippen molar-refractivity contribution >= 4 is 27.6 Å². The number of carbonyl (C=O) groups is 1. The van der Waals surface area contributed by atoms with Crippen LogP contribution in [0.4, 0.5) is 4.79 Å². The molecule has 0 aliphatic carbocycles. The van der Waals surface area contributed by atoms with Crippen molar-refractivity contribution in [3.63, 3.8) is 0 Å². The minimum atomic E-state index is -0.495. The van der Waals surface area contributed by atoms with E-state index in [1.807, 2.05) is 45.3 Å². The summed E-state index contributed by atoms with van der Waals surface area (Å²) in [7, 11) is 0. The van der Waals surface area contributed by atoms with Crippen molar-refractivity contribution < 1.29 is 9.53 Å². The van der Waals surface area contributed by atoms with Gasteiger partial charge >= 0.3 is 6.09 Å². The molecule has 0 radical (unpaired) electrons. The molecule has 0 spiro atoms. The second-order valence-electron chi connectivity index (χ2n) is 5.82. The Bertz CT molecular complexity index is 590. The minimum Gasteiger partial charge on any atom is -0.443 e. The molecule has 0 aliphatic heterocycles. The fourth-order valence-electron chi connectivity index (χ4n) is 1.97. The van der Waals surface area contributed by atoms with Gasteiger partial charge in [0.15, 0.2) is 0 Å². The van der Waals surface area contributed by atoms with Crippen LogP contribution in [0, 0.1) is 0 Å². The number of thiophene rings is 1. The van der Waals surface area contributed by atoms with Gasteiger partial charge in [-0.05, 0) is 51.1 Å². The second-order valence-corrected chi connectivity index (χ2v) is 6.74. The summed E-state index contributed by atoms with van der Waals surface area (Å²) < 4.78 is 8.11. The van der Waals surface area contributed by atoms with E-state index < -0.39 is 5.60 Å². The summed E-state index contributed by atoms with van der Waals surface area (Å²) >= 11 is 1.63. The van der Waals surface area contributed by atoms with E-state index >= 15 is 0 Å². The molecule has 2 rings (SSSR count). The Balaban J connectivity index is 2.38. The van der Waals surface area contributed by atoms with Crippen LogP contribution in [-0.4, -0.2) is 22.3 Å². The Morgan fingerprint density at radius 1 is 1.53 bits per heavy atom. The van der Waals surface area contributed by atoms with Gasteiger partial charge in [0.05, 0.1) is 10.2 Å². The Morgan fingerprint density at radius 2 is 2.21 bits per heavy atom. The third-order valence-corrected chi connectivity index (χ3v) is 3.59. The first-order valence-electron chi connectivity index (χ1n) is 6.34. The van der Waals surface area contributed by atoms with Gasteiger partial charge in [0.25, 0.3) is 0 Å². The highest BCUT2D eigenvalue weighted by Gasteiger charge is 2.21. The van der Waals surface area contributed by atoms with Crippen molar-refractivity contribution in [3.05, 3.63) is 23.2 Å². The zero-order chi connectivity index (χ0) is 14.2. The van der Waals surface area contributed by atoms with Crippen LogP contribution >= 0.6 is 11.3 Å². The molecule has 2 aromatic heterocycles. The number of aromatic nitrogens is 1. The lowest BCUT2D eigenvalue weighted by atomic mass is 10.1. The molecule has 104 valence electrons. The van der Waals surface area contributed by atoms with Gasteiger partial charge in [-0.2, -0.15) is 0 Å². The molecule has 2 N–H and O–H groups in total. The standard InChI is InChI=1S/C14H20N2O2S/c1-9(15)7-10-8-16(11-5-6-19-12(10)11)13(17)18-14(2,3)4/h5-6,8-9H,7,15H2,1-4H3. The van der Waals surface area contributed by atoms with Gasteiger partial charge in [-0.15, -0.1) is 11.3 Å². The minimum absolute atomic E-state index is 0.0692. The highest BCUT2D eigenvalue weighted by atomic mass is 32.1. The maximum absolute atomic E-state index is 12.2. The third kappa shape index (κ3) is 3.16. The van der Waals surface area contributed by atoms with E-state index in [2.05, 4.69) is 0 Å². The average molecular weight is 280 g/mol. The van der Waals surface area contributed by atoms with E-state index in [0.29, 0.717) is 0 Å². The number of nitrogens with zero attached hydrogens (tertiary/aromatic N) is 1. The van der Waals surface area contributed by atoms with Crippen molar-refractivity contribution in [1.82, 2.24) is 4.57 Å². The van der Waals surface area contributed by atoms with Gasteiger partial charge in [-0.3, -0.25) is 4.57 Å². The molecule has 0 saturated carbocycles. The number of rotatable bonds is 2. The molecule has 1 unspecified atom stereocenters. The maximum atomic E-state index is 12.2. The van der Waals surface area contributed by atoms with Crippen LogP contribution in [0.25, 0.3) is 10.2 Å². The molecular weight excluding hydrogens is 260 g/mol. The number of hydrogen-bond donors (Lipinski definition) is 1. The van der Waals surface area contributed by atoms with Crippen LogP contribution in [0.15, 0.2) is 17.6 Å². The SMILES string of the molecule is CC(N)Cc1cn(C(=O)OC(C)(C)C)c2ccsc12. The normalized spacial score (nSPS) is 13.7. The van der Waals surface area contributed by atoms with E-state index in [9.17, 15) is 4.79 Å². The summed E-state index contributed by atoms with van der Waals surface area (Å²) in [4.78, 5) is 12.2. The average Bonchev–Trinajstić information content (AvgIpc) is 2.77.